The van der Waals surface area contributed by atoms with E-state index in [1.54, 1.807) is 18.2 Å². The molecule has 1 amide bonds. The maximum absolute atomic E-state index is 12.4. The molecule has 126 valence electrons. The minimum atomic E-state index is -1.21. The molecule has 1 aromatic rings. The number of carbonyl (C=O) groups is 1. The Labute approximate surface area is 138 Å². The molecule has 1 N–H and O–H groups in total. The lowest BCUT2D eigenvalue weighted by molar-refractivity contribution is -0.130. The van der Waals surface area contributed by atoms with E-state index in [0.29, 0.717) is 41.8 Å². The summed E-state index contributed by atoms with van der Waals surface area (Å²) in [5.74, 6) is 1.74. The normalized spacial score (nSPS) is 19.0. The van der Waals surface area contributed by atoms with E-state index in [-0.39, 0.29) is 5.91 Å². The lowest BCUT2D eigenvalue weighted by Crippen LogP contribution is -2.34. The average Bonchev–Trinajstić information content (AvgIpc) is 2.88. The third kappa shape index (κ3) is 4.23. The summed E-state index contributed by atoms with van der Waals surface area (Å²) in [4.78, 5) is 14.8. The smallest absolute Gasteiger partial charge is 0.223 e. The van der Waals surface area contributed by atoms with Gasteiger partial charge in [-0.1, -0.05) is 0 Å². The van der Waals surface area contributed by atoms with Gasteiger partial charge in [-0.25, -0.2) is 0 Å². The molecule has 0 saturated carbocycles. The van der Waals surface area contributed by atoms with E-state index in [1.165, 1.54) is 0 Å². The van der Waals surface area contributed by atoms with Crippen molar-refractivity contribution in [3.05, 3.63) is 18.2 Å². The minimum absolute atomic E-state index is 0.0830. The zero-order chi connectivity index (χ0) is 16.1. The topological polar surface area (TPSA) is 67.9 Å². The molecule has 23 heavy (non-hydrogen) atoms. The van der Waals surface area contributed by atoms with Crippen molar-refractivity contribution in [2.75, 3.05) is 45.1 Å². The molecule has 6 nitrogen and oxygen atoms in total. The maximum atomic E-state index is 12.4. The highest BCUT2D eigenvalue weighted by Crippen LogP contribution is 2.31. The molecule has 2 aliphatic rings. The van der Waals surface area contributed by atoms with E-state index < -0.39 is 10.8 Å². The van der Waals surface area contributed by atoms with E-state index in [9.17, 15) is 9.00 Å². The van der Waals surface area contributed by atoms with Crippen LogP contribution in [0.15, 0.2) is 23.1 Å². The van der Waals surface area contributed by atoms with Gasteiger partial charge >= 0.3 is 0 Å². The predicted octanol–water partition coefficient (Wildman–Crippen LogP) is 0.777. The van der Waals surface area contributed by atoms with Gasteiger partial charge in [0.1, 0.15) is 13.2 Å². The van der Waals surface area contributed by atoms with Gasteiger partial charge in [-0.3, -0.25) is 9.00 Å². The molecule has 0 spiro atoms. The van der Waals surface area contributed by atoms with Crippen molar-refractivity contribution in [1.82, 2.24) is 10.2 Å². The summed E-state index contributed by atoms with van der Waals surface area (Å²) in [7, 11) is -1.21. The Morgan fingerprint density at radius 3 is 2.87 bits per heavy atom. The van der Waals surface area contributed by atoms with Gasteiger partial charge in [-0.05, 0) is 25.1 Å². The second-order valence-electron chi connectivity index (χ2n) is 5.59. The van der Waals surface area contributed by atoms with E-state index in [4.69, 9.17) is 9.47 Å². The number of ether oxygens (including phenoxy) is 2. The first-order valence-electron chi connectivity index (χ1n) is 8.00. The average molecular weight is 338 g/mol. The number of nitrogens with zero attached hydrogens (tertiary/aromatic N) is 1. The summed E-state index contributed by atoms with van der Waals surface area (Å²) >= 11 is 0. The zero-order valence-corrected chi connectivity index (χ0v) is 13.9. The van der Waals surface area contributed by atoms with Crippen LogP contribution in [0.3, 0.4) is 0 Å². The van der Waals surface area contributed by atoms with Gasteiger partial charge in [0.2, 0.25) is 5.91 Å². The number of amides is 1. The van der Waals surface area contributed by atoms with Crippen LogP contribution in [0.2, 0.25) is 0 Å². The fourth-order valence-electron chi connectivity index (χ4n) is 2.72. The van der Waals surface area contributed by atoms with E-state index in [2.05, 4.69) is 5.32 Å². The predicted molar refractivity (Wildman–Crippen MR) is 87.4 cm³/mol. The summed E-state index contributed by atoms with van der Waals surface area (Å²) in [6.07, 6.45) is 1.28. The molecule has 1 unspecified atom stereocenters. The van der Waals surface area contributed by atoms with Crippen molar-refractivity contribution < 1.29 is 18.5 Å². The van der Waals surface area contributed by atoms with Crippen LogP contribution in [-0.2, 0) is 15.6 Å². The molecule has 2 heterocycles. The highest BCUT2D eigenvalue weighted by molar-refractivity contribution is 7.85. The Bertz CT molecular complexity index is 585. The molecule has 0 radical (unpaired) electrons. The molecule has 1 saturated heterocycles. The number of hydrogen-bond donors (Lipinski definition) is 1. The highest BCUT2D eigenvalue weighted by Gasteiger charge is 2.18. The third-order valence-electron chi connectivity index (χ3n) is 3.97. The standard InChI is InChI=1S/C16H22N2O4S/c19-16(18-7-1-5-17-6-8-18)4-11-23(20)13-2-3-14-15(12-13)22-10-9-21-14/h2-3,12,17H,1,4-11H2. The van der Waals surface area contributed by atoms with Gasteiger partial charge in [0.25, 0.3) is 0 Å². The van der Waals surface area contributed by atoms with Crippen molar-refractivity contribution in [2.45, 2.75) is 17.7 Å². The Kier molecular flexibility index (Phi) is 5.51. The summed E-state index contributed by atoms with van der Waals surface area (Å²) in [6, 6.07) is 5.32. The van der Waals surface area contributed by atoms with Gasteiger partial charge in [0, 0.05) is 42.8 Å². The van der Waals surface area contributed by atoms with Crippen LogP contribution in [0, 0.1) is 0 Å². The number of carbonyl (C=O) groups excluding carboxylic acids is 1. The van der Waals surface area contributed by atoms with Gasteiger partial charge in [0.05, 0.1) is 10.8 Å². The van der Waals surface area contributed by atoms with Crippen LogP contribution in [0.1, 0.15) is 12.8 Å². The first-order valence-corrected chi connectivity index (χ1v) is 9.32. The van der Waals surface area contributed by atoms with E-state index in [0.717, 1.165) is 32.6 Å². The van der Waals surface area contributed by atoms with Gasteiger partial charge in [0.15, 0.2) is 11.5 Å². The summed E-state index contributed by atoms with van der Waals surface area (Å²) < 4.78 is 23.4. The van der Waals surface area contributed by atoms with Crippen molar-refractivity contribution in [2.24, 2.45) is 0 Å². The van der Waals surface area contributed by atoms with E-state index in [1.807, 2.05) is 4.90 Å². The summed E-state index contributed by atoms with van der Waals surface area (Å²) in [5, 5.41) is 3.27. The van der Waals surface area contributed by atoms with Gasteiger partial charge < -0.3 is 19.7 Å². The molecule has 1 fully saturated rings. The fourth-order valence-corrected chi connectivity index (χ4v) is 3.77. The second kappa shape index (κ2) is 7.79. The molecule has 1 atom stereocenters. The zero-order valence-electron chi connectivity index (χ0n) is 13.1. The summed E-state index contributed by atoms with van der Waals surface area (Å²) in [6.45, 7) is 4.33. The number of benzene rings is 1. The number of nitrogens with one attached hydrogen (secondary N) is 1. The maximum Gasteiger partial charge on any atom is 0.223 e. The van der Waals surface area contributed by atoms with Crippen molar-refractivity contribution in [1.29, 1.82) is 0 Å². The molecular formula is C16H22N2O4S. The minimum Gasteiger partial charge on any atom is -0.486 e. The van der Waals surface area contributed by atoms with Crippen LogP contribution in [0.4, 0.5) is 0 Å². The fraction of sp³-hybridized carbons (Fsp3) is 0.562. The molecule has 0 bridgehead atoms. The van der Waals surface area contributed by atoms with Crippen LogP contribution < -0.4 is 14.8 Å². The van der Waals surface area contributed by atoms with Gasteiger partial charge in [-0.2, -0.15) is 0 Å². The molecule has 0 aromatic heterocycles. The first-order chi connectivity index (χ1) is 11.2. The van der Waals surface area contributed by atoms with Crippen LogP contribution in [0.25, 0.3) is 0 Å². The Morgan fingerprint density at radius 2 is 2.00 bits per heavy atom. The molecule has 7 heteroatoms. The van der Waals surface area contributed by atoms with Crippen LogP contribution in [-0.4, -0.2) is 60.2 Å². The Morgan fingerprint density at radius 1 is 1.17 bits per heavy atom. The largest absolute Gasteiger partial charge is 0.486 e. The second-order valence-corrected chi connectivity index (χ2v) is 7.16. The molecule has 2 aliphatic heterocycles. The number of rotatable bonds is 4. The SMILES string of the molecule is O=C(CCS(=O)c1ccc2c(c1)OCCO2)N1CCCNCC1. The Balaban J connectivity index is 1.55. The number of fused-ring (bicyclic) bond motifs is 1. The third-order valence-corrected chi connectivity index (χ3v) is 5.33. The molecule has 0 aliphatic carbocycles. The van der Waals surface area contributed by atoms with Crippen molar-refractivity contribution in [3.8, 4) is 11.5 Å². The Hall–Kier alpha value is -1.60. The lowest BCUT2D eigenvalue weighted by Gasteiger charge is -2.20. The van der Waals surface area contributed by atoms with E-state index >= 15 is 0 Å². The van der Waals surface area contributed by atoms with Crippen LogP contribution in [0.5, 0.6) is 11.5 Å². The molecule has 3 rings (SSSR count). The van der Waals surface area contributed by atoms with Crippen LogP contribution >= 0.6 is 0 Å². The van der Waals surface area contributed by atoms with Crippen molar-refractivity contribution >= 4 is 16.7 Å². The molecule has 1 aromatic carbocycles. The number of hydrogen-bond acceptors (Lipinski definition) is 5. The summed E-state index contributed by atoms with van der Waals surface area (Å²) in [5.41, 5.74) is 0. The monoisotopic (exact) mass is 338 g/mol. The highest BCUT2D eigenvalue weighted by atomic mass is 32.2. The molecular weight excluding hydrogens is 316 g/mol. The van der Waals surface area contributed by atoms with Gasteiger partial charge in [-0.15, -0.1) is 0 Å². The lowest BCUT2D eigenvalue weighted by atomic mass is 10.3. The first kappa shape index (κ1) is 16.3. The van der Waals surface area contributed by atoms with Crippen molar-refractivity contribution in [3.63, 3.8) is 0 Å². The quantitative estimate of drug-likeness (QED) is 0.879.